The Kier molecular flexibility index (Phi) is 9.35. The van der Waals surface area contributed by atoms with Crippen molar-refractivity contribution in [2.24, 2.45) is 11.7 Å². The first-order chi connectivity index (χ1) is 19.8. The van der Waals surface area contributed by atoms with Crippen LogP contribution in [-0.2, 0) is 19.1 Å². The van der Waals surface area contributed by atoms with E-state index in [-0.39, 0.29) is 36.7 Å². The highest BCUT2D eigenvalue weighted by Gasteiger charge is 2.52. The number of rotatable bonds is 10. The number of thiazole rings is 1. The molecule has 3 aliphatic rings. The lowest BCUT2D eigenvalue weighted by Gasteiger charge is -2.34. The van der Waals surface area contributed by atoms with Crippen LogP contribution < -0.4 is 16.0 Å². The van der Waals surface area contributed by atoms with Crippen LogP contribution >= 0.6 is 11.3 Å². The Hall–Kier alpha value is -2.90. The Morgan fingerprint density at radius 2 is 1.95 bits per heavy atom. The fraction of sp³-hybridized carbons (Fsp3) is 0.586. The molecule has 0 bridgehead atoms. The summed E-state index contributed by atoms with van der Waals surface area (Å²) in [4.78, 5) is 50.4. The highest BCUT2D eigenvalue weighted by atomic mass is 32.1. The summed E-state index contributed by atoms with van der Waals surface area (Å²) in [7, 11) is 1.73. The number of ketones is 1. The van der Waals surface area contributed by atoms with Crippen molar-refractivity contribution >= 4 is 34.1 Å². The van der Waals surface area contributed by atoms with Gasteiger partial charge in [-0.25, -0.2) is 4.98 Å². The minimum absolute atomic E-state index is 0.0362. The number of amides is 2. The predicted octanol–water partition coefficient (Wildman–Crippen LogP) is 1.23. The number of carbonyl (C=O) groups excluding carboxylic acids is 3. The number of nitrogens with zero attached hydrogens (tertiary/aromatic N) is 4. The van der Waals surface area contributed by atoms with Gasteiger partial charge in [-0.15, -0.1) is 11.3 Å². The van der Waals surface area contributed by atoms with E-state index in [1.54, 1.807) is 30.6 Å². The fourth-order valence-corrected chi connectivity index (χ4v) is 6.61. The van der Waals surface area contributed by atoms with Crippen LogP contribution in [0, 0.1) is 5.92 Å². The maximum atomic E-state index is 13.6. The summed E-state index contributed by atoms with van der Waals surface area (Å²) in [6.45, 7) is 9.60. The second-order valence-corrected chi connectivity index (χ2v) is 11.9. The van der Waals surface area contributed by atoms with Crippen LogP contribution in [0.25, 0.3) is 11.3 Å². The van der Waals surface area contributed by atoms with Crippen LogP contribution in [0.2, 0.25) is 0 Å². The van der Waals surface area contributed by atoms with Crippen LogP contribution in [0.3, 0.4) is 0 Å². The third kappa shape index (κ3) is 6.31. The second-order valence-electron chi connectivity index (χ2n) is 11.1. The van der Waals surface area contributed by atoms with Gasteiger partial charge in [-0.2, -0.15) is 0 Å². The smallest absolute Gasteiger partial charge is 0.251 e. The number of nitrogens with two attached hydrogens (primary N) is 1. The standard InChI is InChI=1S/C29H40N6O5S/c1-4-18(2)24(28(38)35-15-21(30)26-25(35)23(36)16-40-26)32-27(37)20-7-5-19(6-8-20)22-17-41-29(31-22)34-11-9-33(10-12-34)13-14-39-3/h5-8,17-18,21,24-26H,4,9-16,30H2,1-3H3,(H,32,37)/t18-,21-,24-,25+,26+/m0/s1. The van der Waals surface area contributed by atoms with Gasteiger partial charge in [-0.1, -0.05) is 32.4 Å². The first kappa shape index (κ1) is 29.6. The van der Waals surface area contributed by atoms with Gasteiger partial charge in [-0.05, 0) is 18.1 Å². The van der Waals surface area contributed by atoms with Gasteiger partial charge in [0, 0.05) is 62.9 Å². The van der Waals surface area contributed by atoms with Crippen molar-refractivity contribution < 1.29 is 23.9 Å². The van der Waals surface area contributed by atoms with Crippen LogP contribution in [0.1, 0.15) is 30.6 Å². The van der Waals surface area contributed by atoms with E-state index in [0.717, 1.165) is 55.7 Å². The summed E-state index contributed by atoms with van der Waals surface area (Å²) in [6.07, 6.45) is 0.201. The van der Waals surface area contributed by atoms with E-state index in [9.17, 15) is 14.4 Å². The van der Waals surface area contributed by atoms with E-state index >= 15 is 0 Å². The van der Waals surface area contributed by atoms with Gasteiger partial charge >= 0.3 is 0 Å². The topological polar surface area (TPSA) is 130 Å². The van der Waals surface area contributed by atoms with Crippen LogP contribution in [0.15, 0.2) is 29.6 Å². The Balaban J connectivity index is 1.22. The maximum absolute atomic E-state index is 13.6. The number of nitrogens with one attached hydrogen (secondary N) is 1. The number of hydrogen-bond donors (Lipinski definition) is 2. The number of likely N-dealkylation sites (tertiary alicyclic amines) is 1. The van der Waals surface area contributed by atoms with Crippen molar-refractivity contribution in [3.63, 3.8) is 0 Å². The number of hydrogen-bond acceptors (Lipinski definition) is 10. The quantitative estimate of drug-likeness (QED) is 0.424. The molecule has 41 heavy (non-hydrogen) atoms. The number of aromatic nitrogens is 1. The van der Waals surface area contributed by atoms with Crippen molar-refractivity contribution in [3.8, 4) is 11.3 Å². The molecule has 5 atom stereocenters. The molecule has 222 valence electrons. The maximum Gasteiger partial charge on any atom is 0.251 e. The van der Waals surface area contributed by atoms with Gasteiger partial charge in [0.25, 0.3) is 5.91 Å². The summed E-state index contributed by atoms with van der Waals surface area (Å²) >= 11 is 1.62. The minimum Gasteiger partial charge on any atom is -0.383 e. The monoisotopic (exact) mass is 584 g/mol. The molecule has 3 saturated heterocycles. The zero-order chi connectivity index (χ0) is 29.1. The van der Waals surface area contributed by atoms with Crippen molar-refractivity contribution in [2.75, 3.05) is 64.5 Å². The first-order valence-electron chi connectivity index (χ1n) is 14.3. The predicted molar refractivity (Wildman–Crippen MR) is 157 cm³/mol. The number of methoxy groups -OCH3 is 1. The van der Waals surface area contributed by atoms with Crippen LogP contribution in [0.5, 0.6) is 0 Å². The summed E-state index contributed by atoms with van der Waals surface area (Å²) in [5, 5.41) is 5.98. The number of carbonyl (C=O) groups is 3. The van der Waals surface area contributed by atoms with Gasteiger partial charge in [0.05, 0.1) is 18.3 Å². The molecule has 0 saturated carbocycles. The molecule has 0 spiro atoms. The number of ether oxygens (including phenoxy) is 2. The summed E-state index contributed by atoms with van der Waals surface area (Å²) in [5.41, 5.74) is 8.42. The Bertz CT molecular complexity index is 1230. The SMILES string of the molecule is CC[C@H](C)[C@H](NC(=O)c1ccc(-c2csc(N3CCN(CCOC)CC3)n2)cc1)C(=O)N1C[C@H](N)[C@H]2OCC(=O)[C@H]21. The molecule has 3 aliphatic heterocycles. The van der Waals surface area contributed by atoms with E-state index < -0.39 is 24.2 Å². The molecule has 12 heteroatoms. The van der Waals surface area contributed by atoms with Crippen molar-refractivity contribution in [1.29, 1.82) is 0 Å². The molecule has 1 aromatic carbocycles. The van der Waals surface area contributed by atoms with E-state index in [4.69, 9.17) is 20.2 Å². The highest BCUT2D eigenvalue weighted by molar-refractivity contribution is 7.14. The van der Waals surface area contributed by atoms with Crippen molar-refractivity contribution in [3.05, 3.63) is 35.2 Å². The third-order valence-electron chi connectivity index (χ3n) is 8.46. The van der Waals surface area contributed by atoms with Crippen LogP contribution in [0.4, 0.5) is 5.13 Å². The van der Waals surface area contributed by atoms with Gasteiger partial charge in [-0.3, -0.25) is 19.3 Å². The van der Waals surface area contributed by atoms with E-state index in [1.807, 2.05) is 31.4 Å². The molecular formula is C29H40N6O5S. The molecule has 0 unspecified atom stereocenters. The van der Waals surface area contributed by atoms with Crippen molar-refractivity contribution in [2.45, 2.75) is 44.5 Å². The lowest BCUT2D eigenvalue weighted by atomic mass is 9.96. The third-order valence-corrected chi connectivity index (χ3v) is 9.36. The van der Waals surface area contributed by atoms with E-state index in [0.29, 0.717) is 12.0 Å². The second kappa shape index (κ2) is 13.0. The molecule has 4 heterocycles. The average molecular weight is 585 g/mol. The van der Waals surface area contributed by atoms with E-state index in [1.165, 1.54) is 4.90 Å². The number of anilines is 1. The number of Topliss-reactive ketones (excluding diaryl/α,β-unsaturated/α-hetero) is 1. The Labute approximate surface area is 245 Å². The first-order valence-corrected chi connectivity index (χ1v) is 15.2. The average Bonchev–Trinajstić information content (AvgIpc) is 3.72. The lowest BCUT2D eigenvalue weighted by molar-refractivity contribution is -0.139. The lowest BCUT2D eigenvalue weighted by Crippen LogP contribution is -2.54. The number of benzene rings is 1. The Morgan fingerprint density at radius 3 is 2.63 bits per heavy atom. The molecular weight excluding hydrogens is 544 g/mol. The normalized spacial score (nSPS) is 24.4. The molecule has 0 aliphatic carbocycles. The van der Waals surface area contributed by atoms with Gasteiger partial charge in [0.15, 0.2) is 10.9 Å². The molecule has 5 rings (SSSR count). The molecule has 11 nitrogen and oxygen atoms in total. The number of piperazine rings is 1. The Morgan fingerprint density at radius 1 is 1.22 bits per heavy atom. The highest BCUT2D eigenvalue weighted by Crippen LogP contribution is 2.30. The van der Waals surface area contributed by atoms with Gasteiger partial charge < -0.3 is 30.3 Å². The zero-order valence-corrected chi connectivity index (χ0v) is 24.8. The van der Waals surface area contributed by atoms with Gasteiger partial charge in [0.2, 0.25) is 5.91 Å². The van der Waals surface area contributed by atoms with E-state index in [2.05, 4.69) is 15.1 Å². The fourth-order valence-electron chi connectivity index (χ4n) is 5.72. The minimum atomic E-state index is -0.775. The molecule has 3 N–H and O–H groups in total. The molecule has 3 fully saturated rings. The number of fused-ring (bicyclic) bond motifs is 1. The molecule has 0 radical (unpaired) electrons. The summed E-state index contributed by atoms with van der Waals surface area (Å²) in [6, 6.07) is 5.40. The molecule has 2 amide bonds. The van der Waals surface area contributed by atoms with Gasteiger partial charge in [0.1, 0.15) is 24.8 Å². The largest absolute Gasteiger partial charge is 0.383 e. The zero-order valence-electron chi connectivity index (χ0n) is 24.0. The summed E-state index contributed by atoms with van der Waals surface area (Å²) < 4.78 is 10.7. The molecule has 2 aromatic rings. The van der Waals surface area contributed by atoms with Crippen LogP contribution in [-0.4, -0.2) is 116 Å². The van der Waals surface area contributed by atoms with Crippen molar-refractivity contribution in [1.82, 2.24) is 20.1 Å². The summed E-state index contributed by atoms with van der Waals surface area (Å²) in [5.74, 6) is -0.903. The molecule has 1 aromatic heterocycles.